The molecule has 0 aromatic rings. The SMILES string of the molecule is CC(C)(C)OC(=O)N1CCC(CN2CCNCC2(C)C)CC1. The molecule has 2 fully saturated rings. The van der Waals surface area contributed by atoms with Crippen LogP contribution in [-0.2, 0) is 4.74 Å². The minimum atomic E-state index is -0.404. The van der Waals surface area contributed by atoms with Gasteiger partial charge < -0.3 is 15.0 Å². The summed E-state index contributed by atoms with van der Waals surface area (Å²) in [6.07, 6.45) is 2.01. The number of ether oxygens (including phenoxy) is 1. The van der Waals surface area contributed by atoms with Crippen LogP contribution in [0.3, 0.4) is 0 Å². The molecule has 0 radical (unpaired) electrons. The molecule has 2 heterocycles. The lowest BCUT2D eigenvalue weighted by Gasteiger charge is -2.45. The van der Waals surface area contributed by atoms with Crippen molar-refractivity contribution in [1.29, 1.82) is 0 Å². The zero-order valence-corrected chi connectivity index (χ0v) is 14.9. The summed E-state index contributed by atoms with van der Waals surface area (Å²) in [6, 6.07) is 0. The summed E-state index contributed by atoms with van der Waals surface area (Å²) in [7, 11) is 0. The van der Waals surface area contributed by atoms with E-state index < -0.39 is 5.60 Å². The lowest BCUT2D eigenvalue weighted by Crippen LogP contribution is -2.59. The Labute approximate surface area is 135 Å². The standard InChI is InChI=1S/C17H33N3O2/c1-16(2,3)22-15(21)19-9-6-14(7-10-19)12-20-11-8-18-13-17(20,4)5/h14,18H,6-13H2,1-5H3. The third-order valence-corrected chi connectivity index (χ3v) is 4.72. The number of nitrogens with zero attached hydrogens (tertiary/aromatic N) is 2. The van der Waals surface area contributed by atoms with Gasteiger partial charge >= 0.3 is 6.09 Å². The van der Waals surface area contributed by atoms with Crippen LogP contribution in [0.15, 0.2) is 0 Å². The Kier molecular flexibility index (Phi) is 5.38. The number of hydrogen-bond acceptors (Lipinski definition) is 4. The quantitative estimate of drug-likeness (QED) is 0.850. The highest BCUT2D eigenvalue weighted by Gasteiger charge is 2.33. The van der Waals surface area contributed by atoms with Gasteiger partial charge in [0.05, 0.1) is 0 Å². The predicted octanol–water partition coefficient (Wildman–Crippen LogP) is 2.32. The Balaban J connectivity index is 1.78. The van der Waals surface area contributed by atoms with Crippen LogP contribution in [-0.4, -0.2) is 66.3 Å². The van der Waals surface area contributed by atoms with Gasteiger partial charge in [-0.15, -0.1) is 0 Å². The van der Waals surface area contributed by atoms with Crippen molar-refractivity contribution in [3.63, 3.8) is 0 Å². The summed E-state index contributed by atoms with van der Waals surface area (Å²) in [4.78, 5) is 16.6. The van der Waals surface area contributed by atoms with E-state index in [1.165, 1.54) is 0 Å². The van der Waals surface area contributed by atoms with Crippen molar-refractivity contribution in [3.05, 3.63) is 0 Å². The topological polar surface area (TPSA) is 44.8 Å². The van der Waals surface area contributed by atoms with Crippen LogP contribution in [0.4, 0.5) is 4.79 Å². The summed E-state index contributed by atoms with van der Waals surface area (Å²) in [5, 5.41) is 3.47. The fraction of sp³-hybridized carbons (Fsp3) is 0.941. The molecule has 5 nitrogen and oxygen atoms in total. The Bertz CT molecular complexity index is 382. The van der Waals surface area contributed by atoms with Gasteiger partial charge in [-0.1, -0.05) is 0 Å². The van der Waals surface area contributed by atoms with Crippen LogP contribution in [0.2, 0.25) is 0 Å². The monoisotopic (exact) mass is 311 g/mol. The van der Waals surface area contributed by atoms with E-state index in [4.69, 9.17) is 4.74 Å². The summed E-state index contributed by atoms with van der Waals surface area (Å²) in [5.41, 5.74) is -0.167. The summed E-state index contributed by atoms with van der Waals surface area (Å²) in [5.74, 6) is 0.691. The van der Waals surface area contributed by atoms with Crippen LogP contribution in [0.1, 0.15) is 47.5 Å². The molecule has 1 N–H and O–H groups in total. The van der Waals surface area contributed by atoms with E-state index >= 15 is 0 Å². The van der Waals surface area contributed by atoms with Gasteiger partial charge in [-0.3, -0.25) is 4.90 Å². The second-order valence-electron chi connectivity index (χ2n) is 8.35. The lowest BCUT2D eigenvalue weighted by atomic mass is 9.92. The van der Waals surface area contributed by atoms with Crippen LogP contribution in [0.25, 0.3) is 0 Å². The number of hydrogen-bond donors (Lipinski definition) is 1. The molecule has 0 unspecified atom stereocenters. The van der Waals surface area contributed by atoms with Gasteiger partial charge in [-0.2, -0.15) is 0 Å². The number of likely N-dealkylation sites (tertiary alicyclic amines) is 1. The maximum Gasteiger partial charge on any atom is 0.410 e. The molecule has 2 rings (SSSR count). The largest absolute Gasteiger partial charge is 0.444 e. The fourth-order valence-corrected chi connectivity index (χ4v) is 3.30. The summed E-state index contributed by atoms with van der Waals surface area (Å²) >= 11 is 0. The molecule has 0 bridgehead atoms. The molecule has 0 aromatic heterocycles. The van der Waals surface area contributed by atoms with E-state index in [9.17, 15) is 4.79 Å². The van der Waals surface area contributed by atoms with E-state index in [-0.39, 0.29) is 11.6 Å². The van der Waals surface area contributed by atoms with E-state index in [1.54, 1.807) is 0 Å². The molecule has 2 saturated heterocycles. The first kappa shape index (κ1) is 17.5. The van der Waals surface area contributed by atoms with Gasteiger partial charge in [0.25, 0.3) is 0 Å². The van der Waals surface area contributed by atoms with E-state index in [0.29, 0.717) is 5.92 Å². The molecule has 0 aromatic carbocycles. The highest BCUT2D eigenvalue weighted by atomic mass is 16.6. The minimum Gasteiger partial charge on any atom is -0.444 e. The number of piperazine rings is 1. The molecule has 5 heteroatoms. The van der Waals surface area contributed by atoms with Crippen molar-refractivity contribution in [1.82, 2.24) is 15.1 Å². The van der Waals surface area contributed by atoms with Crippen LogP contribution in [0.5, 0.6) is 0 Å². The maximum atomic E-state index is 12.1. The smallest absolute Gasteiger partial charge is 0.410 e. The van der Waals surface area contributed by atoms with Gasteiger partial charge in [-0.25, -0.2) is 4.79 Å². The van der Waals surface area contributed by atoms with Crippen molar-refractivity contribution in [2.45, 2.75) is 58.6 Å². The Morgan fingerprint density at radius 3 is 2.41 bits per heavy atom. The second-order valence-corrected chi connectivity index (χ2v) is 8.35. The highest BCUT2D eigenvalue weighted by Crippen LogP contribution is 2.24. The Morgan fingerprint density at radius 2 is 1.86 bits per heavy atom. The second kappa shape index (κ2) is 6.75. The number of nitrogens with one attached hydrogen (secondary N) is 1. The molecular formula is C17H33N3O2. The van der Waals surface area contributed by atoms with Gasteiger partial charge in [-0.05, 0) is 53.4 Å². The maximum absolute atomic E-state index is 12.1. The summed E-state index contributed by atoms with van der Waals surface area (Å²) < 4.78 is 5.46. The first-order chi connectivity index (χ1) is 10.2. The third kappa shape index (κ3) is 4.85. The molecule has 22 heavy (non-hydrogen) atoms. The number of piperidine rings is 1. The van der Waals surface area contributed by atoms with Crippen molar-refractivity contribution < 1.29 is 9.53 Å². The molecule has 128 valence electrons. The first-order valence-electron chi connectivity index (χ1n) is 8.61. The molecule has 0 spiro atoms. The Hall–Kier alpha value is -0.810. The van der Waals surface area contributed by atoms with Gasteiger partial charge in [0.1, 0.15) is 5.60 Å². The average molecular weight is 311 g/mol. The molecule has 0 saturated carbocycles. The first-order valence-corrected chi connectivity index (χ1v) is 8.61. The number of amides is 1. The van der Waals surface area contributed by atoms with Crippen LogP contribution >= 0.6 is 0 Å². The molecule has 0 aliphatic carbocycles. The van der Waals surface area contributed by atoms with E-state index in [0.717, 1.165) is 52.1 Å². The molecular weight excluding hydrogens is 278 g/mol. The lowest BCUT2D eigenvalue weighted by molar-refractivity contribution is 0.0124. The van der Waals surface area contributed by atoms with Crippen LogP contribution < -0.4 is 5.32 Å². The van der Waals surface area contributed by atoms with Crippen molar-refractivity contribution in [2.24, 2.45) is 5.92 Å². The minimum absolute atomic E-state index is 0.159. The van der Waals surface area contributed by atoms with Gasteiger partial charge in [0.15, 0.2) is 0 Å². The number of carbonyl (C=O) groups excluding carboxylic acids is 1. The van der Waals surface area contributed by atoms with Crippen molar-refractivity contribution in [2.75, 3.05) is 39.3 Å². The molecule has 2 aliphatic rings. The molecule has 1 amide bonds. The molecule has 0 atom stereocenters. The van der Waals surface area contributed by atoms with Gasteiger partial charge in [0.2, 0.25) is 0 Å². The van der Waals surface area contributed by atoms with E-state index in [1.807, 2.05) is 25.7 Å². The number of rotatable bonds is 2. The average Bonchev–Trinajstić information content (AvgIpc) is 2.40. The predicted molar refractivity (Wildman–Crippen MR) is 89.1 cm³/mol. The Morgan fingerprint density at radius 1 is 1.23 bits per heavy atom. The fourth-order valence-electron chi connectivity index (χ4n) is 3.30. The van der Waals surface area contributed by atoms with Crippen molar-refractivity contribution >= 4 is 6.09 Å². The zero-order valence-electron chi connectivity index (χ0n) is 14.9. The third-order valence-electron chi connectivity index (χ3n) is 4.72. The molecule has 2 aliphatic heterocycles. The zero-order chi connectivity index (χ0) is 16.4. The van der Waals surface area contributed by atoms with Crippen molar-refractivity contribution in [3.8, 4) is 0 Å². The normalized spacial score (nSPS) is 24.3. The summed E-state index contributed by atoms with van der Waals surface area (Å²) in [6.45, 7) is 16.5. The van der Waals surface area contributed by atoms with E-state index in [2.05, 4.69) is 24.1 Å². The highest BCUT2D eigenvalue weighted by molar-refractivity contribution is 5.68. The number of carbonyl (C=O) groups is 1. The van der Waals surface area contributed by atoms with Gasteiger partial charge in [0, 0.05) is 44.8 Å². The van der Waals surface area contributed by atoms with Crippen LogP contribution in [0, 0.1) is 5.92 Å².